The molecule has 2 heterocycles. The summed E-state index contributed by atoms with van der Waals surface area (Å²) in [5, 5.41) is 24.8. The molecule has 0 aromatic heterocycles. The van der Waals surface area contributed by atoms with E-state index in [4.69, 9.17) is 9.47 Å². The highest BCUT2D eigenvalue weighted by atomic mass is 16.7. The molecule has 1 atom stereocenters. The molecule has 28 heavy (non-hydrogen) atoms. The number of fused-ring (bicyclic) bond motifs is 1. The molecule has 1 aromatic rings. The van der Waals surface area contributed by atoms with Gasteiger partial charge in [0.25, 0.3) is 5.69 Å². The van der Waals surface area contributed by atoms with Crippen molar-refractivity contribution in [1.29, 1.82) is 5.26 Å². The summed E-state index contributed by atoms with van der Waals surface area (Å²) in [6, 6.07) is 4.98. The minimum absolute atomic E-state index is 0.0246. The van der Waals surface area contributed by atoms with E-state index < -0.39 is 10.8 Å². The maximum Gasteiger partial charge on any atom is 0.277 e. The Labute approximate surface area is 161 Å². The molecule has 1 aromatic carbocycles. The van der Waals surface area contributed by atoms with Gasteiger partial charge in [-0.15, -0.1) is 0 Å². The number of dihydropyridines is 1. The van der Waals surface area contributed by atoms with Crippen LogP contribution in [0.3, 0.4) is 0 Å². The third-order valence-corrected chi connectivity index (χ3v) is 5.39. The largest absolute Gasteiger partial charge is 0.454 e. The molecule has 1 N–H and O–H groups in total. The maximum absolute atomic E-state index is 13.1. The smallest absolute Gasteiger partial charge is 0.277 e. The SMILES string of the molecule is CC1=C(C#N)C(c2cc3c(cc2[N+](=O)[O-])OCO3)C2=C(CC(C)(C)CC2=O)N1. The van der Waals surface area contributed by atoms with E-state index in [1.807, 2.05) is 13.8 Å². The quantitative estimate of drug-likeness (QED) is 0.616. The number of carbonyl (C=O) groups is 1. The number of rotatable bonds is 2. The topological polar surface area (TPSA) is 114 Å². The van der Waals surface area contributed by atoms with Gasteiger partial charge in [-0.3, -0.25) is 14.9 Å². The van der Waals surface area contributed by atoms with E-state index in [-0.39, 0.29) is 35.0 Å². The molecule has 4 rings (SSSR count). The van der Waals surface area contributed by atoms with Gasteiger partial charge in [0.1, 0.15) is 0 Å². The van der Waals surface area contributed by atoms with Crippen LogP contribution in [-0.2, 0) is 4.79 Å². The molecule has 0 amide bonds. The Hall–Kier alpha value is -3.34. The molecule has 8 nitrogen and oxygen atoms in total. The fourth-order valence-corrected chi connectivity index (χ4v) is 4.23. The fourth-order valence-electron chi connectivity index (χ4n) is 4.23. The van der Waals surface area contributed by atoms with Crippen molar-refractivity contribution in [2.24, 2.45) is 5.41 Å². The number of nitriles is 1. The standard InChI is InChI=1S/C20H19N3O5/c1-10-12(8-21)18(19-13(22-10)6-20(2,3)7-15(19)24)11-4-16-17(28-9-27-16)5-14(11)23(25)26/h4-5,18,22H,6-7,9H2,1-3H3. The van der Waals surface area contributed by atoms with E-state index in [9.17, 15) is 20.2 Å². The number of nitrogens with one attached hydrogen (secondary N) is 1. The number of Topliss-reactive ketones (excluding diaryl/α,β-unsaturated/α-hetero) is 1. The summed E-state index contributed by atoms with van der Waals surface area (Å²) in [5.74, 6) is -0.246. The van der Waals surface area contributed by atoms with Crippen LogP contribution in [0.1, 0.15) is 45.1 Å². The highest BCUT2D eigenvalue weighted by Crippen LogP contribution is 2.50. The van der Waals surface area contributed by atoms with Crippen molar-refractivity contribution in [3.8, 4) is 17.6 Å². The lowest BCUT2D eigenvalue weighted by molar-refractivity contribution is -0.385. The summed E-state index contributed by atoms with van der Waals surface area (Å²) in [4.78, 5) is 24.3. The molecule has 0 radical (unpaired) electrons. The van der Waals surface area contributed by atoms with Gasteiger partial charge in [0.15, 0.2) is 17.3 Å². The molecule has 8 heteroatoms. The van der Waals surface area contributed by atoms with Gasteiger partial charge < -0.3 is 14.8 Å². The number of nitro benzene ring substituents is 1. The van der Waals surface area contributed by atoms with Gasteiger partial charge in [-0.25, -0.2) is 0 Å². The minimum Gasteiger partial charge on any atom is -0.454 e. The van der Waals surface area contributed by atoms with Crippen molar-refractivity contribution < 1.29 is 19.2 Å². The van der Waals surface area contributed by atoms with Crippen molar-refractivity contribution in [1.82, 2.24) is 5.32 Å². The Morgan fingerprint density at radius 3 is 2.61 bits per heavy atom. The van der Waals surface area contributed by atoms with Crippen LogP contribution in [0.4, 0.5) is 5.69 Å². The predicted molar refractivity (Wildman–Crippen MR) is 98.5 cm³/mol. The van der Waals surface area contributed by atoms with E-state index in [2.05, 4.69) is 11.4 Å². The lowest BCUT2D eigenvalue weighted by atomic mass is 9.68. The van der Waals surface area contributed by atoms with Crippen LogP contribution in [0, 0.1) is 26.9 Å². The molecular formula is C20H19N3O5. The zero-order valence-electron chi connectivity index (χ0n) is 15.8. The summed E-state index contributed by atoms with van der Waals surface area (Å²) in [6.45, 7) is 5.74. The average molecular weight is 381 g/mol. The van der Waals surface area contributed by atoms with Crippen molar-refractivity contribution in [2.75, 3.05) is 6.79 Å². The van der Waals surface area contributed by atoms with Gasteiger partial charge >= 0.3 is 0 Å². The zero-order valence-corrected chi connectivity index (χ0v) is 15.8. The monoisotopic (exact) mass is 381 g/mol. The van der Waals surface area contributed by atoms with Crippen molar-refractivity contribution in [3.05, 3.63) is 50.4 Å². The number of nitrogens with zero attached hydrogens (tertiary/aromatic N) is 2. The third-order valence-electron chi connectivity index (χ3n) is 5.39. The number of hydrogen-bond acceptors (Lipinski definition) is 7. The Kier molecular flexibility index (Phi) is 3.93. The highest BCUT2D eigenvalue weighted by Gasteiger charge is 2.43. The summed E-state index contributed by atoms with van der Waals surface area (Å²) in [7, 11) is 0. The predicted octanol–water partition coefficient (Wildman–Crippen LogP) is 3.45. The van der Waals surface area contributed by atoms with E-state index in [0.717, 1.165) is 5.70 Å². The second-order valence-electron chi connectivity index (χ2n) is 8.06. The molecular weight excluding hydrogens is 362 g/mol. The van der Waals surface area contributed by atoms with Gasteiger partial charge in [-0.05, 0) is 24.8 Å². The van der Waals surface area contributed by atoms with Crippen LogP contribution < -0.4 is 14.8 Å². The second-order valence-corrected chi connectivity index (χ2v) is 8.06. The molecule has 0 saturated heterocycles. The Bertz CT molecular complexity index is 1030. The summed E-state index contributed by atoms with van der Waals surface area (Å²) >= 11 is 0. The first-order chi connectivity index (χ1) is 13.2. The molecule has 144 valence electrons. The summed E-state index contributed by atoms with van der Waals surface area (Å²) < 4.78 is 10.7. The van der Waals surface area contributed by atoms with Gasteiger partial charge in [-0.1, -0.05) is 13.8 Å². The van der Waals surface area contributed by atoms with Gasteiger partial charge in [0.05, 0.1) is 28.5 Å². The van der Waals surface area contributed by atoms with Crippen LogP contribution in [-0.4, -0.2) is 17.5 Å². The van der Waals surface area contributed by atoms with Crippen LogP contribution in [0.15, 0.2) is 34.7 Å². The van der Waals surface area contributed by atoms with E-state index in [1.165, 1.54) is 12.1 Å². The third kappa shape index (κ3) is 2.71. The minimum atomic E-state index is -0.806. The number of carbonyl (C=O) groups excluding carboxylic acids is 1. The molecule has 0 spiro atoms. The van der Waals surface area contributed by atoms with Crippen LogP contribution >= 0.6 is 0 Å². The van der Waals surface area contributed by atoms with Crippen molar-refractivity contribution >= 4 is 11.5 Å². The van der Waals surface area contributed by atoms with Crippen LogP contribution in [0.25, 0.3) is 0 Å². The van der Waals surface area contributed by atoms with Gasteiger partial charge in [-0.2, -0.15) is 5.26 Å². The number of nitro groups is 1. The fraction of sp³-hybridized carbons (Fsp3) is 0.400. The number of ketones is 1. The molecule has 3 aliphatic rings. The number of ether oxygens (including phenoxy) is 2. The second kappa shape index (κ2) is 6.09. The summed E-state index contributed by atoms with van der Waals surface area (Å²) in [5.41, 5.74) is 1.92. The number of allylic oxidation sites excluding steroid dienone is 4. The molecule has 1 unspecified atom stereocenters. The van der Waals surface area contributed by atoms with E-state index in [0.29, 0.717) is 35.4 Å². The summed E-state index contributed by atoms with van der Waals surface area (Å²) in [6.07, 6.45) is 0.944. The normalized spacial score (nSPS) is 22.5. The first-order valence-electron chi connectivity index (χ1n) is 8.94. The molecule has 0 bridgehead atoms. The van der Waals surface area contributed by atoms with E-state index in [1.54, 1.807) is 6.92 Å². The molecule has 1 aliphatic carbocycles. The Balaban J connectivity index is 1.97. The maximum atomic E-state index is 13.1. The first kappa shape index (κ1) is 18.0. The molecule has 2 aliphatic heterocycles. The average Bonchev–Trinajstić information content (AvgIpc) is 3.05. The van der Waals surface area contributed by atoms with Crippen LogP contribution in [0.5, 0.6) is 11.5 Å². The van der Waals surface area contributed by atoms with Crippen LogP contribution in [0.2, 0.25) is 0 Å². The zero-order chi connectivity index (χ0) is 20.2. The molecule has 0 fully saturated rings. The Morgan fingerprint density at radius 2 is 1.96 bits per heavy atom. The lowest BCUT2D eigenvalue weighted by Crippen LogP contribution is -2.37. The molecule has 0 saturated carbocycles. The van der Waals surface area contributed by atoms with E-state index >= 15 is 0 Å². The number of benzene rings is 1. The van der Waals surface area contributed by atoms with Gasteiger partial charge in [0.2, 0.25) is 6.79 Å². The number of hydrogen-bond donors (Lipinski definition) is 1. The highest BCUT2D eigenvalue weighted by molar-refractivity contribution is 6.00. The van der Waals surface area contributed by atoms with Gasteiger partial charge in [0, 0.05) is 29.0 Å². The lowest BCUT2D eigenvalue weighted by Gasteiger charge is -2.38. The van der Waals surface area contributed by atoms with Crippen molar-refractivity contribution in [3.63, 3.8) is 0 Å². The first-order valence-corrected chi connectivity index (χ1v) is 8.94. The van der Waals surface area contributed by atoms with Crippen molar-refractivity contribution in [2.45, 2.75) is 39.5 Å². The Morgan fingerprint density at radius 1 is 1.29 bits per heavy atom.